The maximum absolute atomic E-state index is 13.6. The number of hydroxylamine groups is 2. The lowest BCUT2D eigenvalue weighted by molar-refractivity contribution is -0.173. The summed E-state index contributed by atoms with van der Waals surface area (Å²) in [5.74, 6) is 0.434. The van der Waals surface area contributed by atoms with Crippen LogP contribution in [0.1, 0.15) is 96.3 Å². The van der Waals surface area contributed by atoms with E-state index in [-0.39, 0.29) is 29.7 Å². The average molecular weight is 425 g/mol. The van der Waals surface area contributed by atoms with E-state index in [0.29, 0.717) is 12.3 Å². The molecule has 0 aliphatic carbocycles. The second-order valence-electron chi connectivity index (χ2n) is 8.70. The molecule has 1 N–H and O–H groups in total. The van der Waals surface area contributed by atoms with Gasteiger partial charge in [0.1, 0.15) is 11.0 Å². The molecular formula is C23H40N2O3S. The Labute approximate surface area is 180 Å². The molecule has 5 nitrogen and oxygen atoms in total. The highest BCUT2D eigenvalue weighted by Crippen LogP contribution is 2.34. The lowest BCUT2D eigenvalue weighted by Gasteiger charge is -2.28. The van der Waals surface area contributed by atoms with Crippen LogP contribution >= 0.6 is 0 Å². The number of benzene rings is 1. The summed E-state index contributed by atoms with van der Waals surface area (Å²) in [4.78, 5) is 18.4. The third kappa shape index (κ3) is 6.37. The zero-order valence-electron chi connectivity index (χ0n) is 19.8. The first-order valence-corrected chi connectivity index (χ1v) is 11.8. The van der Waals surface area contributed by atoms with Crippen molar-refractivity contribution in [1.29, 1.82) is 0 Å². The summed E-state index contributed by atoms with van der Waals surface area (Å²) in [6.07, 6.45) is 0.689. The highest BCUT2D eigenvalue weighted by molar-refractivity contribution is 7.83. The third-order valence-electron chi connectivity index (χ3n) is 5.54. The van der Waals surface area contributed by atoms with Gasteiger partial charge in [-0.15, -0.1) is 0 Å². The van der Waals surface area contributed by atoms with Gasteiger partial charge >= 0.3 is 0 Å². The molecule has 0 fully saturated rings. The standard InChI is InChI=1S/C23H40N2O3S/c1-11-21(17(8)23(26)25(9)28-10)24-29(27)22-19(15(4)5)12-18(14(2)3)13-20(22)16(6)7/h12-17,21,24H,11H2,1-10H3/t17-,21+,29+/m1/s1. The van der Waals surface area contributed by atoms with Crippen molar-refractivity contribution in [2.75, 3.05) is 14.2 Å². The Morgan fingerprint density at radius 2 is 1.52 bits per heavy atom. The maximum Gasteiger partial charge on any atom is 0.250 e. The molecule has 0 aliphatic heterocycles. The normalized spacial score (nSPS) is 15.1. The van der Waals surface area contributed by atoms with Gasteiger partial charge < -0.3 is 0 Å². The molecule has 166 valence electrons. The topological polar surface area (TPSA) is 58.6 Å². The Bertz CT molecular complexity index is 687. The summed E-state index contributed by atoms with van der Waals surface area (Å²) in [6, 6.07) is 4.18. The number of carbonyl (C=O) groups excluding carboxylic acids is 1. The highest BCUT2D eigenvalue weighted by Gasteiger charge is 2.29. The number of hydrogen-bond donors (Lipinski definition) is 1. The predicted octanol–water partition coefficient (Wildman–Crippen LogP) is 5.10. The predicted molar refractivity (Wildman–Crippen MR) is 121 cm³/mol. The van der Waals surface area contributed by atoms with Crippen molar-refractivity contribution in [2.24, 2.45) is 5.92 Å². The van der Waals surface area contributed by atoms with Crippen molar-refractivity contribution >= 4 is 16.9 Å². The first-order chi connectivity index (χ1) is 13.5. The van der Waals surface area contributed by atoms with Crippen molar-refractivity contribution in [3.63, 3.8) is 0 Å². The Hall–Kier alpha value is -1.24. The molecule has 1 amide bonds. The number of rotatable bonds is 10. The molecule has 0 heterocycles. The van der Waals surface area contributed by atoms with Gasteiger partial charge in [-0.2, -0.15) is 0 Å². The first-order valence-electron chi connectivity index (χ1n) is 10.6. The Kier molecular flexibility index (Phi) is 9.99. The molecule has 0 bridgehead atoms. The second-order valence-corrected chi connectivity index (χ2v) is 9.88. The van der Waals surface area contributed by atoms with Gasteiger partial charge in [0.05, 0.1) is 17.9 Å². The summed E-state index contributed by atoms with van der Waals surface area (Å²) >= 11 is 0. The number of carbonyl (C=O) groups is 1. The minimum Gasteiger partial charge on any atom is -0.275 e. The van der Waals surface area contributed by atoms with E-state index in [0.717, 1.165) is 16.0 Å². The van der Waals surface area contributed by atoms with Gasteiger partial charge in [-0.25, -0.2) is 14.0 Å². The van der Waals surface area contributed by atoms with Gasteiger partial charge in [0.15, 0.2) is 0 Å². The van der Waals surface area contributed by atoms with Crippen LogP contribution in [-0.4, -0.2) is 35.4 Å². The highest BCUT2D eigenvalue weighted by atomic mass is 32.2. The van der Waals surface area contributed by atoms with Crippen molar-refractivity contribution in [3.05, 3.63) is 28.8 Å². The zero-order chi connectivity index (χ0) is 22.5. The Morgan fingerprint density at radius 1 is 1.03 bits per heavy atom. The molecule has 0 aromatic heterocycles. The van der Waals surface area contributed by atoms with Crippen molar-refractivity contribution in [2.45, 2.75) is 90.5 Å². The van der Waals surface area contributed by atoms with Gasteiger partial charge in [-0.3, -0.25) is 9.63 Å². The van der Waals surface area contributed by atoms with E-state index >= 15 is 0 Å². The largest absolute Gasteiger partial charge is 0.275 e. The molecule has 0 saturated heterocycles. The van der Waals surface area contributed by atoms with E-state index in [1.54, 1.807) is 7.05 Å². The quantitative estimate of drug-likeness (QED) is 0.531. The van der Waals surface area contributed by atoms with Gasteiger partial charge in [0.25, 0.3) is 0 Å². The molecule has 0 spiro atoms. The number of nitrogens with zero attached hydrogens (tertiary/aromatic N) is 1. The molecule has 0 unspecified atom stereocenters. The molecule has 0 saturated carbocycles. The molecule has 29 heavy (non-hydrogen) atoms. The molecule has 0 aliphatic rings. The SMILES string of the molecule is CC[C@H](N[S@@](=O)c1c(C(C)C)cc(C(C)C)cc1C(C)C)[C@@H](C)C(=O)N(C)OC. The van der Waals surface area contributed by atoms with Crippen molar-refractivity contribution in [3.8, 4) is 0 Å². The van der Waals surface area contributed by atoms with Gasteiger partial charge in [-0.05, 0) is 40.9 Å². The lowest BCUT2D eigenvalue weighted by atomic mass is 9.89. The molecule has 1 aromatic carbocycles. The van der Waals surface area contributed by atoms with E-state index < -0.39 is 11.0 Å². The Morgan fingerprint density at radius 3 is 1.86 bits per heavy atom. The summed E-state index contributed by atoms with van der Waals surface area (Å²) in [7, 11) is 1.65. The van der Waals surface area contributed by atoms with Crippen LogP contribution in [0.4, 0.5) is 0 Å². The van der Waals surface area contributed by atoms with Gasteiger partial charge in [0.2, 0.25) is 5.91 Å². The number of hydrogen-bond acceptors (Lipinski definition) is 3. The fraction of sp³-hybridized carbons (Fsp3) is 0.696. The zero-order valence-corrected chi connectivity index (χ0v) is 20.6. The molecular weight excluding hydrogens is 384 g/mol. The van der Waals surface area contributed by atoms with Crippen molar-refractivity contribution in [1.82, 2.24) is 9.79 Å². The second kappa shape index (κ2) is 11.2. The molecule has 1 rings (SSSR count). The summed E-state index contributed by atoms with van der Waals surface area (Å²) < 4.78 is 16.8. The third-order valence-corrected chi connectivity index (χ3v) is 6.90. The first kappa shape index (κ1) is 25.8. The van der Waals surface area contributed by atoms with E-state index in [1.807, 2.05) is 13.8 Å². The van der Waals surface area contributed by atoms with Gasteiger partial charge in [0, 0.05) is 13.1 Å². The fourth-order valence-electron chi connectivity index (χ4n) is 3.39. The minimum atomic E-state index is -1.41. The van der Waals surface area contributed by atoms with Gasteiger partial charge in [-0.1, -0.05) is 67.5 Å². The molecule has 3 atom stereocenters. The van der Waals surface area contributed by atoms with Crippen LogP contribution in [0.15, 0.2) is 17.0 Å². The fourth-order valence-corrected chi connectivity index (χ4v) is 5.17. The van der Waals surface area contributed by atoms with Crippen LogP contribution in [0.5, 0.6) is 0 Å². The monoisotopic (exact) mass is 424 g/mol. The van der Waals surface area contributed by atoms with Crippen LogP contribution in [0.25, 0.3) is 0 Å². The van der Waals surface area contributed by atoms with Crippen LogP contribution in [0.2, 0.25) is 0 Å². The van der Waals surface area contributed by atoms with E-state index in [2.05, 4.69) is 58.4 Å². The van der Waals surface area contributed by atoms with Crippen molar-refractivity contribution < 1.29 is 13.8 Å². The molecule has 6 heteroatoms. The van der Waals surface area contributed by atoms with E-state index in [9.17, 15) is 9.00 Å². The van der Waals surface area contributed by atoms with Crippen LogP contribution < -0.4 is 4.72 Å². The number of amides is 1. The number of nitrogens with one attached hydrogen (secondary N) is 1. The van der Waals surface area contributed by atoms with Crippen LogP contribution in [-0.2, 0) is 20.6 Å². The van der Waals surface area contributed by atoms with Crippen LogP contribution in [0, 0.1) is 5.92 Å². The van der Waals surface area contributed by atoms with Crippen LogP contribution in [0.3, 0.4) is 0 Å². The minimum absolute atomic E-state index is 0.132. The smallest absolute Gasteiger partial charge is 0.250 e. The molecule has 1 aromatic rings. The average Bonchev–Trinajstić information content (AvgIpc) is 2.68. The maximum atomic E-state index is 13.6. The summed E-state index contributed by atoms with van der Waals surface area (Å²) in [5, 5.41) is 1.23. The lowest BCUT2D eigenvalue weighted by Crippen LogP contribution is -2.44. The Balaban J connectivity index is 3.37. The summed E-state index contributed by atoms with van der Waals surface area (Å²) in [5.41, 5.74) is 3.51. The van der Waals surface area contributed by atoms with E-state index in [1.165, 1.54) is 17.7 Å². The summed E-state index contributed by atoms with van der Waals surface area (Å²) in [6.45, 7) is 16.8. The molecule has 0 radical (unpaired) electrons. The van der Waals surface area contributed by atoms with E-state index in [4.69, 9.17) is 4.84 Å².